The molecule has 0 fully saturated rings. The van der Waals surface area contributed by atoms with Gasteiger partial charge in [0.2, 0.25) is 0 Å². The summed E-state index contributed by atoms with van der Waals surface area (Å²) in [4.78, 5) is 5.37. The molecule has 0 aliphatic carbocycles. The second-order valence-electron chi connectivity index (χ2n) is 13.9. The van der Waals surface area contributed by atoms with Crippen molar-refractivity contribution in [2.45, 2.75) is 0 Å². The van der Waals surface area contributed by atoms with Gasteiger partial charge in [-0.3, -0.25) is 0 Å². The Kier molecular flexibility index (Phi) is 6.86. The summed E-state index contributed by atoms with van der Waals surface area (Å²) in [5, 5.41) is 7.39. The van der Waals surface area contributed by atoms with Crippen LogP contribution >= 0.6 is 0 Å². The van der Waals surface area contributed by atoms with Crippen molar-refractivity contribution < 1.29 is 0 Å². The molecular formula is C51H33N3. The van der Waals surface area contributed by atoms with E-state index in [-0.39, 0.29) is 0 Å². The van der Waals surface area contributed by atoms with Crippen LogP contribution in [0.15, 0.2) is 200 Å². The van der Waals surface area contributed by atoms with Crippen LogP contribution in [0.5, 0.6) is 0 Å². The van der Waals surface area contributed by atoms with E-state index in [1.165, 1.54) is 49.0 Å². The van der Waals surface area contributed by atoms with Crippen molar-refractivity contribution in [1.29, 1.82) is 0 Å². The maximum absolute atomic E-state index is 5.37. The van der Waals surface area contributed by atoms with Gasteiger partial charge in [0, 0.05) is 38.1 Å². The average molecular weight is 688 g/mol. The fraction of sp³-hybridized carbons (Fsp3) is 0. The minimum absolute atomic E-state index is 0.933. The van der Waals surface area contributed by atoms with Crippen molar-refractivity contribution in [1.82, 2.24) is 14.1 Å². The van der Waals surface area contributed by atoms with Gasteiger partial charge in [0.25, 0.3) is 0 Å². The number of pyridine rings is 1. The second kappa shape index (κ2) is 12.2. The van der Waals surface area contributed by atoms with Crippen LogP contribution < -0.4 is 0 Å². The maximum Gasteiger partial charge on any atom is 0.0736 e. The zero-order valence-corrected chi connectivity index (χ0v) is 29.4. The number of nitrogens with zero attached hydrogens (tertiary/aromatic N) is 3. The summed E-state index contributed by atoms with van der Waals surface area (Å²) in [6, 6.07) is 71.9. The minimum atomic E-state index is 0.933. The van der Waals surface area contributed by atoms with Gasteiger partial charge >= 0.3 is 0 Å². The lowest BCUT2D eigenvalue weighted by atomic mass is 9.99. The molecule has 0 aliphatic rings. The number of para-hydroxylation sites is 3. The van der Waals surface area contributed by atoms with Crippen LogP contribution in [-0.4, -0.2) is 14.1 Å². The Bertz CT molecular complexity index is 3140. The van der Waals surface area contributed by atoms with Gasteiger partial charge in [-0.05, 0) is 59.0 Å². The van der Waals surface area contributed by atoms with Crippen molar-refractivity contribution in [3.8, 4) is 45.0 Å². The summed E-state index contributed by atoms with van der Waals surface area (Å²) < 4.78 is 4.94. The van der Waals surface area contributed by atoms with Gasteiger partial charge in [-0.15, -0.1) is 0 Å². The van der Waals surface area contributed by atoms with Crippen molar-refractivity contribution in [2.75, 3.05) is 0 Å². The fourth-order valence-electron chi connectivity index (χ4n) is 8.53. The van der Waals surface area contributed by atoms with E-state index in [0.29, 0.717) is 0 Å². The van der Waals surface area contributed by atoms with E-state index >= 15 is 0 Å². The number of hydrogen-bond acceptors (Lipinski definition) is 1. The molecule has 0 bridgehead atoms. The Morgan fingerprint density at radius 3 is 1.74 bits per heavy atom. The zero-order valence-electron chi connectivity index (χ0n) is 29.4. The lowest BCUT2D eigenvalue weighted by molar-refractivity contribution is 1.17. The van der Waals surface area contributed by atoms with Gasteiger partial charge in [0.1, 0.15) is 0 Å². The first kappa shape index (κ1) is 30.4. The predicted molar refractivity (Wildman–Crippen MR) is 227 cm³/mol. The molecule has 0 spiro atoms. The molecule has 0 amide bonds. The molecule has 8 aromatic carbocycles. The highest BCUT2D eigenvalue weighted by atomic mass is 15.0. The van der Waals surface area contributed by atoms with Crippen molar-refractivity contribution in [3.05, 3.63) is 200 Å². The largest absolute Gasteiger partial charge is 0.308 e. The molecule has 0 atom stereocenters. The topological polar surface area (TPSA) is 22.8 Å². The molecule has 0 aliphatic heterocycles. The van der Waals surface area contributed by atoms with Gasteiger partial charge in [0.05, 0.1) is 44.8 Å². The van der Waals surface area contributed by atoms with Crippen LogP contribution in [0.4, 0.5) is 0 Å². The highest BCUT2D eigenvalue weighted by Gasteiger charge is 2.23. The molecule has 11 rings (SSSR count). The number of aromatic nitrogens is 3. The molecule has 3 heteroatoms. The molecule has 252 valence electrons. The van der Waals surface area contributed by atoms with Crippen molar-refractivity contribution >= 4 is 54.4 Å². The Hall–Kier alpha value is -7.23. The highest BCUT2D eigenvalue weighted by molar-refractivity contribution is 6.26. The number of benzene rings is 8. The Morgan fingerprint density at radius 2 is 0.926 bits per heavy atom. The molecule has 0 unspecified atom stereocenters. The molecule has 3 aromatic heterocycles. The highest BCUT2D eigenvalue weighted by Crippen LogP contribution is 2.44. The van der Waals surface area contributed by atoms with Crippen LogP contribution in [0, 0.1) is 0 Å². The van der Waals surface area contributed by atoms with E-state index in [1.54, 1.807) is 0 Å². The molecule has 3 nitrogen and oxygen atoms in total. The van der Waals surface area contributed by atoms with Crippen LogP contribution in [0.1, 0.15) is 0 Å². The second-order valence-corrected chi connectivity index (χ2v) is 13.9. The van der Waals surface area contributed by atoms with Gasteiger partial charge in [0.15, 0.2) is 0 Å². The molecule has 0 N–H and O–H groups in total. The van der Waals surface area contributed by atoms with Crippen molar-refractivity contribution in [3.63, 3.8) is 0 Å². The minimum Gasteiger partial charge on any atom is -0.308 e. The lowest BCUT2D eigenvalue weighted by Crippen LogP contribution is -1.99. The summed E-state index contributed by atoms with van der Waals surface area (Å²) in [5.74, 6) is 0. The number of hydrogen-bond donors (Lipinski definition) is 0. The molecule has 54 heavy (non-hydrogen) atoms. The Labute approximate surface area is 312 Å². The van der Waals surface area contributed by atoms with Gasteiger partial charge < -0.3 is 9.13 Å². The van der Waals surface area contributed by atoms with E-state index in [9.17, 15) is 0 Å². The third-order valence-corrected chi connectivity index (χ3v) is 10.9. The fourth-order valence-corrected chi connectivity index (χ4v) is 8.53. The maximum atomic E-state index is 5.37. The monoisotopic (exact) mass is 687 g/mol. The average Bonchev–Trinajstić information content (AvgIpc) is 3.77. The van der Waals surface area contributed by atoms with Crippen LogP contribution in [0.25, 0.3) is 99.4 Å². The molecule has 11 aromatic rings. The van der Waals surface area contributed by atoms with Gasteiger partial charge in [-0.2, -0.15) is 0 Å². The first-order valence-electron chi connectivity index (χ1n) is 18.5. The summed E-state index contributed by atoms with van der Waals surface area (Å²) in [6.45, 7) is 0. The molecule has 0 saturated carbocycles. The van der Waals surface area contributed by atoms with E-state index in [2.05, 4.69) is 209 Å². The zero-order chi connectivity index (χ0) is 35.6. The van der Waals surface area contributed by atoms with Crippen LogP contribution in [0.3, 0.4) is 0 Å². The third kappa shape index (κ3) is 4.65. The first-order chi connectivity index (χ1) is 26.8. The van der Waals surface area contributed by atoms with E-state index < -0.39 is 0 Å². The van der Waals surface area contributed by atoms with Gasteiger partial charge in [-0.1, -0.05) is 158 Å². The van der Waals surface area contributed by atoms with E-state index in [1.807, 2.05) is 0 Å². The SMILES string of the molecule is c1ccc(-c2cc(-c3ccccc3)nc(-c3ccccc3-n3c4ccccc4c4c3ccc3c5ccccc5n(-c5cccc6ccccc56)c34)c2)cc1. The van der Waals surface area contributed by atoms with Crippen LogP contribution in [-0.2, 0) is 0 Å². The van der Waals surface area contributed by atoms with Crippen LogP contribution in [0.2, 0.25) is 0 Å². The first-order valence-corrected chi connectivity index (χ1v) is 18.5. The molecule has 3 heterocycles. The summed E-state index contributed by atoms with van der Waals surface area (Å²) in [6.07, 6.45) is 0. The quantitative estimate of drug-likeness (QED) is 0.177. The standard InChI is InChI=1S/C51H33N3/c1-3-16-34(17-4-1)37-32-43(36-19-5-2-6-20-36)52-44(33-37)41-24-10-13-27-47(41)53-48-28-14-11-25-42(48)50-49(53)31-30-40-39-23-9-12-26-46(39)54(51(40)50)45-29-15-21-35-18-7-8-22-38(35)45/h1-33H. The molecule has 0 radical (unpaired) electrons. The van der Waals surface area contributed by atoms with E-state index in [4.69, 9.17) is 4.98 Å². The van der Waals surface area contributed by atoms with Gasteiger partial charge in [-0.25, -0.2) is 4.98 Å². The normalized spacial score (nSPS) is 11.7. The number of fused-ring (bicyclic) bond motifs is 8. The predicted octanol–water partition coefficient (Wildman–Crippen LogP) is 13.4. The molecular weight excluding hydrogens is 655 g/mol. The smallest absolute Gasteiger partial charge is 0.0736 e. The Morgan fingerprint density at radius 1 is 0.333 bits per heavy atom. The lowest BCUT2D eigenvalue weighted by Gasteiger charge is -2.16. The third-order valence-electron chi connectivity index (χ3n) is 10.9. The summed E-state index contributed by atoms with van der Waals surface area (Å²) in [5.41, 5.74) is 13.3. The summed E-state index contributed by atoms with van der Waals surface area (Å²) >= 11 is 0. The van der Waals surface area contributed by atoms with Crippen molar-refractivity contribution in [2.24, 2.45) is 0 Å². The summed E-state index contributed by atoms with van der Waals surface area (Å²) in [7, 11) is 0. The molecule has 0 saturated heterocycles. The van der Waals surface area contributed by atoms with E-state index in [0.717, 1.165) is 50.4 Å². The number of rotatable bonds is 5. The Balaban J connectivity index is 1.24.